The molecule has 0 saturated heterocycles. The first-order valence-corrected chi connectivity index (χ1v) is 21.7. The molecule has 0 fully saturated rings. The predicted molar refractivity (Wildman–Crippen MR) is 229 cm³/mol. The summed E-state index contributed by atoms with van der Waals surface area (Å²) in [6, 6.07) is 0. The zero-order valence-corrected chi connectivity index (χ0v) is 34.9. The Kier molecular flexibility index (Phi) is 37.5. The number of esters is 2. The van der Waals surface area contributed by atoms with Gasteiger partial charge in [0.05, 0.1) is 6.61 Å². The van der Waals surface area contributed by atoms with Crippen molar-refractivity contribution < 1.29 is 37.6 Å². The summed E-state index contributed by atoms with van der Waals surface area (Å²) in [6.07, 6.45) is 56.8. The zero-order valence-electron chi connectivity index (χ0n) is 34.0. The molecule has 8 nitrogen and oxygen atoms in total. The van der Waals surface area contributed by atoms with E-state index in [1.165, 1.54) is 0 Å². The SMILES string of the molecule is CC/C=C\C/C=C\C/C=C\C/C=C\C/C=C\CCCCCC(=O)OC(COC(=O)CCC/C=C\C/C=C\C/C=C\C/C=C\C/C=C\CC)COP(=O)(O)OC. The number of hydrogen-bond donors (Lipinski definition) is 1. The molecule has 0 aliphatic heterocycles. The molecule has 0 aromatic heterocycles. The summed E-state index contributed by atoms with van der Waals surface area (Å²) in [5.74, 6) is -0.925. The highest BCUT2D eigenvalue weighted by atomic mass is 31.2. The van der Waals surface area contributed by atoms with Crippen molar-refractivity contribution in [1.82, 2.24) is 0 Å². The van der Waals surface area contributed by atoms with Crippen LogP contribution in [0.1, 0.15) is 129 Å². The van der Waals surface area contributed by atoms with Crippen molar-refractivity contribution in [3.63, 3.8) is 0 Å². The molecule has 9 heteroatoms. The molecule has 1 N–H and O–H groups in total. The van der Waals surface area contributed by atoms with Gasteiger partial charge in [-0.1, -0.05) is 142 Å². The van der Waals surface area contributed by atoms with Gasteiger partial charge in [0, 0.05) is 20.0 Å². The van der Waals surface area contributed by atoms with Crippen LogP contribution in [0, 0.1) is 0 Å². The van der Waals surface area contributed by atoms with Crippen molar-refractivity contribution in [3.05, 3.63) is 122 Å². The normalized spacial score (nSPS) is 14.6. The van der Waals surface area contributed by atoms with Crippen molar-refractivity contribution in [1.29, 1.82) is 0 Å². The first-order chi connectivity index (χ1) is 26.8. The summed E-state index contributed by atoms with van der Waals surface area (Å²) >= 11 is 0. The van der Waals surface area contributed by atoms with E-state index in [9.17, 15) is 19.0 Å². The van der Waals surface area contributed by atoms with Crippen LogP contribution in [0.15, 0.2) is 122 Å². The van der Waals surface area contributed by atoms with Gasteiger partial charge in [-0.25, -0.2) is 4.57 Å². The molecular weight excluding hydrogens is 711 g/mol. The fraction of sp³-hybridized carbons (Fsp3) is 0.522. The first kappa shape index (κ1) is 51.5. The number of ether oxygens (including phenoxy) is 2. The Morgan fingerprint density at radius 3 is 1.31 bits per heavy atom. The summed E-state index contributed by atoms with van der Waals surface area (Å²) in [7, 11) is -3.25. The van der Waals surface area contributed by atoms with E-state index in [4.69, 9.17) is 14.0 Å². The second-order valence-corrected chi connectivity index (χ2v) is 14.2. The maximum atomic E-state index is 12.5. The van der Waals surface area contributed by atoms with E-state index < -0.39 is 32.5 Å². The smallest absolute Gasteiger partial charge is 0.462 e. The predicted octanol–water partition coefficient (Wildman–Crippen LogP) is 12.8. The maximum absolute atomic E-state index is 12.5. The Morgan fingerprint density at radius 1 is 0.509 bits per heavy atom. The molecule has 0 aliphatic rings. The third-order valence-corrected chi connectivity index (χ3v) is 8.64. The van der Waals surface area contributed by atoms with E-state index in [0.29, 0.717) is 12.8 Å². The van der Waals surface area contributed by atoms with Gasteiger partial charge in [-0.05, 0) is 96.3 Å². The third-order valence-electron chi connectivity index (χ3n) is 7.70. The van der Waals surface area contributed by atoms with Gasteiger partial charge in [0.1, 0.15) is 6.61 Å². The van der Waals surface area contributed by atoms with Crippen LogP contribution in [0.2, 0.25) is 0 Å². The van der Waals surface area contributed by atoms with Crippen molar-refractivity contribution in [2.24, 2.45) is 0 Å². The van der Waals surface area contributed by atoms with Gasteiger partial charge in [-0.2, -0.15) is 0 Å². The molecule has 0 heterocycles. The van der Waals surface area contributed by atoms with Crippen molar-refractivity contribution in [3.8, 4) is 0 Å². The van der Waals surface area contributed by atoms with Gasteiger partial charge < -0.3 is 14.4 Å². The van der Waals surface area contributed by atoms with E-state index in [2.05, 4.69) is 134 Å². The molecular formula is C46H71O8P. The average Bonchev–Trinajstić information content (AvgIpc) is 3.18. The van der Waals surface area contributed by atoms with E-state index >= 15 is 0 Å². The molecule has 0 bridgehead atoms. The van der Waals surface area contributed by atoms with Crippen molar-refractivity contribution in [2.45, 2.75) is 136 Å². The molecule has 308 valence electrons. The average molecular weight is 783 g/mol. The quantitative estimate of drug-likeness (QED) is 0.0293. The highest BCUT2D eigenvalue weighted by Gasteiger charge is 2.24. The van der Waals surface area contributed by atoms with Gasteiger partial charge >= 0.3 is 19.8 Å². The number of unbranched alkanes of at least 4 members (excludes halogenated alkanes) is 4. The molecule has 0 spiro atoms. The fourth-order valence-corrected chi connectivity index (χ4v) is 5.12. The lowest BCUT2D eigenvalue weighted by molar-refractivity contribution is -0.161. The van der Waals surface area contributed by atoms with Crippen LogP contribution in [0.25, 0.3) is 0 Å². The molecule has 0 aliphatic carbocycles. The molecule has 55 heavy (non-hydrogen) atoms. The van der Waals surface area contributed by atoms with Crippen molar-refractivity contribution >= 4 is 19.8 Å². The van der Waals surface area contributed by atoms with Gasteiger partial charge in [0.2, 0.25) is 0 Å². The highest BCUT2D eigenvalue weighted by molar-refractivity contribution is 7.47. The number of rotatable bonds is 35. The Bertz CT molecular complexity index is 1300. The molecule has 0 amide bonds. The van der Waals surface area contributed by atoms with Gasteiger partial charge in [-0.3, -0.25) is 18.6 Å². The number of carbonyl (C=O) groups excluding carboxylic acids is 2. The maximum Gasteiger partial charge on any atom is 0.472 e. The van der Waals surface area contributed by atoms with Crippen molar-refractivity contribution in [2.75, 3.05) is 20.3 Å². The van der Waals surface area contributed by atoms with E-state index in [1.807, 2.05) is 6.08 Å². The summed E-state index contributed by atoms with van der Waals surface area (Å²) in [4.78, 5) is 34.4. The van der Waals surface area contributed by atoms with Crippen LogP contribution in [-0.4, -0.2) is 43.3 Å². The van der Waals surface area contributed by atoms with E-state index in [0.717, 1.165) is 97.0 Å². The zero-order chi connectivity index (χ0) is 40.3. The van der Waals surface area contributed by atoms with Crippen LogP contribution in [0.4, 0.5) is 0 Å². The molecule has 0 radical (unpaired) electrons. The van der Waals surface area contributed by atoms with Crippen LogP contribution < -0.4 is 0 Å². The lowest BCUT2D eigenvalue weighted by Gasteiger charge is -2.19. The monoisotopic (exact) mass is 782 g/mol. The van der Waals surface area contributed by atoms with Gasteiger partial charge in [0.15, 0.2) is 6.10 Å². The molecule has 0 aromatic rings. The van der Waals surface area contributed by atoms with E-state index in [-0.39, 0.29) is 19.4 Å². The Labute approximate surface area is 333 Å². The molecule has 2 unspecified atom stereocenters. The first-order valence-electron chi connectivity index (χ1n) is 20.2. The summed E-state index contributed by atoms with van der Waals surface area (Å²) in [5, 5.41) is 0. The van der Waals surface area contributed by atoms with Gasteiger partial charge in [0.25, 0.3) is 0 Å². The minimum atomic E-state index is -4.29. The molecule has 2 atom stereocenters. The minimum Gasteiger partial charge on any atom is -0.462 e. The summed E-state index contributed by atoms with van der Waals surface area (Å²) < 4.78 is 31.9. The number of phosphoric acid groups is 1. The fourth-order valence-electron chi connectivity index (χ4n) is 4.66. The van der Waals surface area contributed by atoms with E-state index in [1.54, 1.807) is 0 Å². The number of phosphoric ester groups is 1. The second kappa shape index (κ2) is 40.1. The molecule has 0 aromatic carbocycles. The highest BCUT2D eigenvalue weighted by Crippen LogP contribution is 2.42. The second-order valence-electron chi connectivity index (χ2n) is 12.6. The molecule has 0 saturated carbocycles. The Balaban J connectivity index is 4.23. The Hall–Kier alpha value is -3.55. The minimum absolute atomic E-state index is 0.185. The number of carbonyl (C=O) groups is 2. The molecule has 0 rings (SSSR count). The largest absolute Gasteiger partial charge is 0.472 e. The standard InChI is InChI=1S/C46H71O8P/c1-4-6-8-10-12-14-16-18-20-22-23-25-27-29-31-33-35-37-39-41-46(48)54-44(43-53-55(49,50)51-3)42-52-45(47)40-38-36-34-32-30-28-26-24-21-19-17-15-13-11-9-7-5-2/h6-9,12-15,18-21,23,25-26,28-29,31-32,34,44H,4-5,10-11,16-17,22,24,27,30,33,35-43H2,1-3H3,(H,49,50)/b8-6-,9-7-,14-12-,15-13-,20-18-,21-19-,25-23-,28-26-,31-29-,34-32-. The summed E-state index contributed by atoms with van der Waals surface area (Å²) in [5.41, 5.74) is 0. The van der Waals surface area contributed by atoms with Crippen LogP contribution in [-0.2, 0) is 32.7 Å². The number of hydrogen-bond acceptors (Lipinski definition) is 7. The third kappa shape index (κ3) is 39.9. The summed E-state index contributed by atoms with van der Waals surface area (Å²) in [6.45, 7) is 3.56. The number of allylic oxidation sites excluding steroid dienone is 20. The van der Waals surface area contributed by atoms with Gasteiger partial charge in [-0.15, -0.1) is 0 Å². The van der Waals surface area contributed by atoms with Crippen LogP contribution in [0.5, 0.6) is 0 Å². The Morgan fingerprint density at radius 2 is 0.891 bits per heavy atom. The van der Waals surface area contributed by atoms with Crippen LogP contribution >= 0.6 is 7.82 Å². The lowest BCUT2D eigenvalue weighted by Crippen LogP contribution is -2.29. The van der Waals surface area contributed by atoms with Crippen LogP contribution in [0.3, 0.4) is 0 Å². The topological polar surface area (TPSA) is 108 Å². The lowest BCUT2D eigenvalue weighted by atomic mass is 10.1.